The molecular weight excluding hydrogens is 915 g/mol. The molecule has 0 amide bonds. The molecule has 0 N–H and O–H groups in total. The van der Waals surface area contributed by atoms with E-state index >= 15 is 0 Å². The third-order valence-electron chi connectivity index (χ3n) is 16.0. The molecule has 74 heavy (non-hydrogen) atoms. The Kier molecular flexibility index (Phi) is 10.1. The normalized spacial score (nSPS) is 13.6. The van der Waals surface area contributed by atoms with Gasteiger partial charge in [0.1, 0.15) is 10.0 Å². The fourth-order valence-corrected chi connectivity index (χ4v) is 13.6. The topological polar surface area (TPSA) is 11.4 Å². The summed E-state index contributed by atoms with van der Waals surface area (Å²) in [5.41, 5.74) is 23.2. The average molecular weight is 968 g/mol. The van der Waals surface area contributed by atoms with Gasteiger partial charge >= 0.3 is 0 Å². The molecule has 2 heterocycles. The molecule has 0 bridgehead atoms. The van der Waals surface area contributed by atoms with Crippen molar-refractivity contribution in [2.24, 2.45) is 0 Å². The first kappa shape index (κ1) is 44.0. The van der Waals surface area contributed by atoms with E-state index in [9.17, 15) is 0 Å². The van der Waals surface area contributed by atoms with Gasteiger partial charge in [-0.05, 0) is 146 Å². The summed E-state index contributed by atoms with van der Waals surface area (Å²) in [5.74, 6) is 0. The van der Waals surface area contributed by atoms with Crippen LogP contribution in [0.4, 0.5) is 32.8 Å². The molecule has 0 saturated carbocycles. The highest BCUT2D eigenvalue weighted by atomic mass is 32.1. The van der Waals surface area contributed by atoms with E-state index in [0.717, 1.165) is 49.6 Å². The summed E-state index contributed by atoms with van der Waals surface area (Å²) in [5, 5.41) is 4.77. The van der Waals surface area contributed by atoms with Gasteiger partial charge in [-0.25, -0.2) is 0 Å². The molecule has 12 aromatic rings. The van der Waals surface area contributed by atoms with Crippen LogP contribution < -0.4 is 9.80 Å². The van der Waals surface area contributed by atoms with Gasteiger partial charge in [-0.15, -0.1) is 0 Å². The molecule has 2 aliphatic carbocycles. The highest BCUT2D eigenvalue weighted by molar-refractivity contribution is 7.21. The summed E-state index contributed by atoms with van der Waals surface area (Å²) in [6, 6.07) is 92.1. The van der Waals surface area contributed by atoms with E-state index in [1.807, 2.05) is 11.3 Å². The number of nitrogens with zero attached hydrogens (tertiary/aromatic N) is 3. The molecule has 2 aromatic heterocycles. The van der Waals surface area contributed by atoms with Crippen LogP contribution in [0.1, 0.15) is 49.9 Å². The Labute approximate surface area is 437 Å². The molecule has 0 aliphatic heterocycles. The van der Waals surface area contributed by atoms with Crippen LogP contribution in [0.5, 0.6) is 0 Å². The number of benzene rings is 10. The Morgan fingerprint density at radius 2 is 0.838 bits per heavy atom. The lowest BCUT2D eigenvalue weighted by Crippen LogP contribution is -2.16. The van der Waals surface area contributed by atoms with Crippen molar-refractivity contribution in [3.05, 3.63) is 271 Å². The first-order valence-corrected chi connectivity index (χ1v) is 26.6. The first-order chi connectivity index (χ1) is 36.2. The molecule has 0 spiro atoms. The molecule has 0 saturated heterocycles. The van der Waals surface area contributed by atoms with E-state index in [0.29, 0.717) is 0 Å². The van der Waals surface area contributed by atoms with Crippen LogP contribution >= 0.6 is 11.3 Å². The second-order valence-electron chi connectivity index (χ2n) is 20.9. The minimum absolute atomic E-state index is 0.101. The monoisotopic (exact) mass is 967 g/mol. The lowest BCUT2D eigenvalue weighted by molar-refractivity contribution is 0.660. The van der Waals surface area contributed by atoms with Crippen molar-refractivity contribution < 1.29 is 0 Å². The van der Waals surface area contributed by atoms with Crippen LogP contribution in [0.25, 0.3) is 72.0 Å². The Morgan fingerprint density at radius 1 is 0.324 bits per heavy atom. The summed E-state index contributed by atoms with van der Waals surface area (Å²) in [7, 11) is 0. The summed E-state index contributed by atoms with van der Waals surface area (Å²) >= 11 is 1.84. The summed E-state index contributed by atoms with van der Waals surface area (Å²) in [6.07, 6.45) is 0. The highest BCUT2D eigenvalue weighted by Gasteiger charge is 2.38. The Hall–Kier alpha value is -8.70. The second kappa shape index (κ2) is 16.9. The number of fused-ring (bicyclic) bond motifs is 9. The molecule has 0 atom stereocenters. The predicted octanol–water partition coefficient (Wildman–Crippen LogP) is 19.7. The Bertz CT molecular complexity index is 4130. The van der Waals surface area contributed by atoms with Crippen molar-refractivity contribution in [1.82, 2.24) is 4.57 Å². The molecule has 14 rings (SSSR count). The van der Waals surface area contributed by atoms with E-state index in [2.05, 4.69) is 291 Å². The van der Waals surface area contributed by atoms with Crippen LogP contribution in [-0.4, -0.2) is 4.57 Å². The van der Waals surface area contributed by atoms with E-state index in [-0.39, 0.29) is 10.8 Å². The van der Waals surface area contributed by atoms with Crippen molar-refractivity contribution in [3.63, 3.8) is 0 Å². The summed E-state index contributed by atoms with van der Waals surface area (Å²) in [6.45, 7) is 9.46. The maximum Gasteiger partial charge on any atom is 0.110 e. The van der Waals surface area contributed by atoms with E-state index < -0.39 is 0 Å². The van der Waals surface area contributed by atoms with Crippen LogP contribution in [0.3, 0.4) is 0 Å². The minimum Gasteiger partial charge on any atom is -0.309 e. The van der Waals surface area contributed by atoms with Gasteiger partial charge in [-0.2, -0.15) is 0 Å². The van der Waals surface area contributed by atoms with Crippen LogP contribution in [0, 0.1) is 0 Å². The van der Waals surface area contributed by atoms with E-state index in [1.54, 1.807) is 0 Å². The third kappa shape index (κ3) is 6.86. The van der Waals surface area contributed by atoms with Gasteiger partial charge in [0.2, 0.25) is 0 Å². The van der Waals surface area contributed by atoms with E-state index in [1.165, 1.54) is 77.4 Å². The minimum atomic E-state index is -0.147. The number of hydrogen-bond donors (Lipinski definition) is 0. The van der Waals surface area contributed by atoms with Gasteiger partial charge in [0.05, 0.1) is 11.0 Å². The lowest BCUT2D eigenvalue weighted by Gasteiger charge is -2.28. The Morgan fingerprint density at radius 3 is 1.55 bits per heavy atom. The first-order valence-electron chi connectivity index (χ1n) is 25.7. The number of aromatic nitrogens is 1. The second-order valence-corrected chi connectivity index (χ2v) is 22.0. The molecule has 3 nitrogen and oxygen atoms in total. The quantitative estimate of drug-likeness (QED) is 0.143. The van der Waals surface area contributed by atoms with Crippen molar-refractivity contribution in [2.45, 2.75) is 38.5 Å². The van der Waals surface area contributed by atoms with Crippen molar-refractivity contribution in [3.8, 4) is 50.2 Å². The van der Waals surface area contributed by atoms with Crippen LogP contribution in [0.2, 0.25) is 0 Å². The number of para-hydroxylation sites is 4. The molecule has 10 aromatic carbocycles. The van der Waals surface area contributed by atoms with Gasteiger partial charge in [-0.3, -0.25) is 0 Å². The standard InChI is InChI=1S/C70H53N3S/c1-69(2)62-30-18-15-27-55(62)59-43-52(38-40-63(59)69)72(50-22-10-6-11-23-50)68-58(45-67(74-68)71(49-20-8-5-9-21-49)53-37-39-56-54-26-14-17-29-61(54)70(3,4)64(56)44-53)47-34-32-46(33-35-47)48-36-41-66-60(42-48)57-28-16-19-31-65(57)73(66)51-24-12-7-13-25-51/h5-45H,1-4H3. The largest absolute Gasteiger partial charge is 0.309 e. The van der Waals surface area contributed by atoms with Gasteiger partial charge < -0.3 is 14.4 Å². The van der Waals surface area contributed by atoms with Crippen molar-refractivity contribution in [1.29, 1.82) is 0 Å². The molecule has 0 fully saturated rings. The number of thiophene rings is 1. The zero-order chi connectivity index (χ0) is 49.7. The lowest BCUT2D eigenvalue weighted by atomic mass is 9.82. The van der Waals surface area contributed by atoms with Gasteiger partial charge in [0.25, 0.3) is 0 Å². The van der Waals surface area contributed by atoms with E-state index in [4.69, 9.17) is 0 Å². The molecular formula is C70H53N3S. The number of rotatable bonds is 9. The fraction of sp³-hybridized carbons (Fsp3) is 0.0857. The average Bonchev–Trinajstić information content (AvgIpc) is 4.17. The smallest absolute Gasteiger partial charge is 0.110 e. The SMILES string of the molecule is CC1(C)c2ccccc2-c2cc(N(c3ccccc3)c3sc(N(c4ccccc4)c4ccc5c(c4)C(C)(C)c4ccccc4-5)cc3-c3ccc(-c4ccc5c(c4)c4ccccc4n5-c4ccccc4)cc3)ccc21. The molecule has 2 aliphatic rings. The van der Waals surface area contributed by atoms with Crippen molar-refractivity contribution >= 4 is 65.9 Å². The molecule has 4 heteroatoms. The Balaban J connectivity index is 0.954. The van der Waals surface area contributed by atoms with Crippen LogP contribution in [0.15, 0.2) is 249 Å². The fourth-order valence-electron chi connectivity index (χ4n) is 12.3. The van der Waals surface area contributed by atoms with Gasteiger partial charge in [0.15, 0.2) is 0 Å². The summed E-state index contributed by atoms with van der Waals surface area (Å²) in [4.78, 5) is 4.96. The summed E-state index contributed by atoms with van der Waals surface area (Å²) < 4.78 is 2.38. The van der Waals surface area contributed by atoms with Crippen LogP contribution in [-0.2, 0) is 10.8 Å². The van der Waals surface area contributed by atoms with Crippen molar-refractivity contribution in [2.75, 3.05) is 9.80 Å². The molecule has 0 radical (unpaired) electrons. The maximum atomic E-state index is 2.49. The maximum absolute atomic E-state index is 2.49. The third-order valence-corrected chi connectivity index (χ3v) is 17.1. The number of anilines is 6. The molecule has 354 valence electrons. The number of hydrogen-bond acceptors (Lipinski definition) is 3. The van der Waals surface area contributed by atoms with Gasteiger partial charge in [0, 0.05) is 55.6 Å². The molecule has 0 unspecified atom stereocenters. The zero-order valence-corrected chi connectivity index (χ0v) is 42.7. The highest BCUT2D eigenvalue weighted by Crippen LogP contribution is 2.56. The van der Waals surface area contributed by atoms with Gasteiger partial charge in [-0.1, -0.05) is 203 Å². The predicted molar refractivity (Wildman–Crippen MR) is 314 cm³/mol. The zero-order valence-electron chi connectivity index (χ0n) is 41.9.